The minimum atomic E-state index is -0.140. The standard InChI is InChI=1S/C19H21ClN2O2/c1-14-7-8-15(13-17(14)20)9-10-18(23)21-11-12-22-19(24)16-5-3-2-4-6-16/h2-8,13H,9-12H2,1H3,(H,21,23)(H,22,24). The molecule has 2 aromatic rings. The quantitative estimate of drug-likeness (QED) is 0.758. The van der Waals surface area contributed by atoms with Crippen molar-refractivity contribution in [3.8, 4) is 0 Å². The number of hydrogen-bond donors (Lipinski definition) is 2. The van der Waals surface area contributed by atoms with Gasteiger partial charge >= 0.3 is 0 Å². The van der Waals surface area contributed by atoms with Crippen LogP contribution in [0.3, 0.4) is 0 Å². The number of rotatable bonds is 7. The highest BCUT2D eigenvalue weighted by Crippen LogP contribution is 2.17. The van der Waals surface area contributed by atoms with Crippen molar-refractivity contribution in [1.29, 1.82) is 0 Å². The second kappa shape index (κ2) is 9.08. The monoisotopic (exact) mass is 344 g/mol. The summed E-state index contributed by atoms with van der Waals surface area (Å²) in [4.78, 5) is 23.6. The van der Waals surface area contributed by atoms with E-state index in [9.17, 15) is 9.59 Å². The van der Waals surface area contributed by atoms with Crippen molar-refractivity contribution in [2.24, 2.45) is 0 Å². The summed E-state index contributed by atoms with van der Waals surface area (Å²) in [6, 6.07) is 14.8. The number of halogens is 1. The van der Waals surface area contributed by atoms with Gasteiger partial charge in [0.2, 0.25) is 5.91 Å². The van der Waals surface area contributed by atoms with Crippen LogP contribution in [0.5, 0.6) is 0 Å². The van der Waals surface area contributed by atoms with Gasteiger partial charge in [-0.3, -0.25) is 9.59 Å². The molecule has 0 atom stereocenters. The maximum absolute atomic E-state index is 11.8. The summed E-state index contributed by atoms with van der Waals surface area (Å²) in [6.45, 7) is 2.75. The molecule has 0 aliphatic rings. The zero-order valence-electron chi connectivity index (χ0n) is 13.6. The highest BCUT2D eigenvalue weighted by molar-refractivity contribution is 6.31. The first kappa shape index (κ1) is 18.0. The smallest absolute Gasteiger partial charge is 0.251 e. The van der Waals surface area contributed by atoms with Crippen LogP contribution >= 0.6 is 11.6 Å². The van der Waals surface area contributed by atoms with Crippen LogP contribution in [0.4, 0.5) is 0 Å². The molecule has 0 aliphatic heterocycles. The molecule has 2 N–H and O–H groups in total. The SMILES string of the molecule is Cc1ccc(CCC(=O)NCCNC(=O)c2ccccc2)cc1Cl. The van der Waals surface area contributed by atoms with E-state index in [1.807, 2.05) is 43.3 Å². The van der Waals surface area contributed by atoms with Crippen LogP contribution in [0.15, 0.2) is 48.5 Å². The van der Waals surface area contributed by atoms with Crippen LogP contribution in [0, 0.1) is 6.92 Å². The fourth-order valence-electron chi connectivity index (χ4n) is 2.21. The molecule has 0 saturated heterocycles. The molecular weight excluding hydrogens is 324 g/mol. The Kier molecular flexibility index (Phi) is 6.82. The van der Waals surface area contributed by atoms with Gasteiger partial charge in [0.05, 0.1) is 0 Å². The molecule has 2 aromatic carbocycles. The van der Waals surface area contributed by atoms with Crippen LogP contribution in [0.2, 0.25) is 5.02 Å². The number of hydrogen-bond acceptors (Lipinski definition) is 2. The van der Waals surface area contributed by atoms with E-state index >= 15 is 0 Å². The second-order valence-corrected chi connectivity index (χ2v) is 5.96. The second-order valence-electron chi connectivity index (χ2n) is 5.56. The number of aryl methyl sites for hydroxylation is 2. The topological polar surface area (TPSA) is 58.2 Å². The maximum Gasteiger partial charge on any atom is 0.251 e. The summed E-state index contributed by atoms with van der Waals surface area (Å²) in [7, 11) is 0. The molecule has 0 fully saturated rings. The number of benzene rings is 2. The molecule has 5 heteroatoms. The van der Waals surface area contributed by atoms with Crippen molar-refractivity contribution in [1.82, 2.24) is 10.6 Å². The zero-order valence-corrected chi connectivity index (χ0v) is 14.4. The molecule has 126 valence electrons. The Morgan fingerprint density at radius 2 is 1.71 bits per heavy atom. The predicted octanol–water partition coefficient (Wildman–Crippen LogP) is 3.13. The van der Waals surface area contributed by atoms with Crippen molar-refractivity contribution < 1.29 is 9.59 Å². The Hall–Kier alpha value is -2.33. The largest absolute Gasteiger partial charge is 0.354 e. The Morgan fingerprint density at radius 1 is 1.00 bits per heavy atom. The van der Waals surface area contributed by atoms with E-state index in [0.717, 1.165) is 16.1 Å². The van der Waals surface area contributed by atoms with Crippen molar-refractivity contribution in [2.45, 2.75) is 19.8 Å². The molecule has 24 heavy (non-hydrogen) atoms. The summed E-state index contributed by atoms with van der Waals surface area (Å²) < 4.78 is 0. The fourth-order valence-corrected chi connectivity index (χ4v) is 2.41. The van der Waals surface area contributed by atoms with E-state index in [0.29, 0.717) is 31.5 Å². The van der Waals surface area contributed by atoms with Gasteiger partial charge in [0.1, 0.15) is 0 Å². The van der Waals surface area contributed by atoms with E-state index in [1.54, 1.807) is 12.1 Å². The van der Waals surface area contributed by atoms with Crippen molar-refractivity contribution in [2.75, 3.05) is 13.1 Å². The molecule has 0 radical (unpaired) electrons. The molecular formula is C19H21ClN2O2. The molecule has 0 unspecified atom stereocenters. The van der Waals surface area contributed by atoms with Gasteiger partial charge in [0.15, 0.2) is 0 Å². The lowest BCUT2D eigenvalue weighted by molar-refractivity contribution is -0.121. The van der Waals surface area contributed by atoms with Crippen LogP contribution in [-0.2, 0) is 11.2 Å². The van der Waals surface area contributed by atoms with Crippen LogP contribution < -0.4 is 10.6 Å². The highest BCUT2D eigenvalue weighted by Gasteiger charge is 2.05. The van der Waals surface area contributed by atoms with Gasteiger partial charge in [-0.05, 0) is 42.7 Å². The highest BCUT2D eigenvalue weighted by atomic mass is 35.5. The van der Waals surface area contributed by atoms with Crippen LogP contribution in [0.1, 0.15) is 27.9 Å². The van der Waals surface area contributed by atoms with Gasteiger partial charge in [-0.15, -0.1) is 0 Å². The predicted molar refractivity (Wildman–Crippen MR) is 96.3 cm³/mol. The Balaban J connectivity index is 1.64. The van der Waals surface area contributed by atoms with Gasteiger partial charge in [-0.1, -0.05) is 41.9 Å². The number of nitrogens with one attached hydrogen (secondary N) is 2. The maximum atomic E-state index is 11.8. The molecule has 4 nitrogen and oxygen atoms in total. The third kappa shape index (κ3) is 5.70. The minimum Gasteiger partial charge on any atom is -0.354 e. The Morgan fingerprint density at radius 3 is 2.42 bits per heavy atom. The van der Waals surface area contributed by atoms with Gasteiger partial charge in [0, 0.05) is 30.1 Å². The molecule has 0 aliphatic carbocycles. The summed E-state index contributed by atoms with van der Waals surface area (Å²) in [5.41, 5.74) is 2.68. The average Bonchev–Trinajstić information content (AvgIpc) is 2.60. The van der Waals surface area contributed by atoms with Gasteiger partial charge < -0.3 is 10.6 Å². The molecule has 2 rings (SSSR count). The number of amides is 2. The minimum absolute atomic E-state index is 0.0411. The molecule has 0 bridgehead atoms. The van der Waals surface area contributed by atoms with Crippen molar-refractivity contribution in [3.63, 3.8) is 0 Å². The summed E-state index contributed by atoms with van der Waals surface area (Å²) in [6.07, 6.45) is 1.04. The first-order valence-electron chi connectivity index (χ1n) is 7.91. The van der Waals surface area contributed by atoms with Gasteiger partial charge in [-0.25, -0.2) is 0 Å². The van der Waals surface area contributed by atoms with Crippen molar-refractivity contribution >= 4 is 23.4 Å². The lowest BCUT2D eigenvalue weighted by atomic mass is 10.1. The first-order chi connectivity index (χ1) is 11.6. The van der Waals surface area contributed by atoms with E-state index in [2.05, 4.69) is 10.6 Å². The Bertz CT molecular complexity index is 702. The van der Waals surface area contributed by atoms with Gasteiger partial charge in [-0.2, -0.15) is 0 Å². The van der Waals surface area contributed by atoms with Crippen LogP contribution in [0.25, 0.3) is 0 Å². The molecule has 0 saturated carbocycles. The Labute approximate surface area is 147 Å². The lowest BCUT2D eigenvalue weighted by Crippen LogP contribution is -2.34. The molecule has 0 spiro atoms. The normalized spacial score (nSPS) is 10.2. The fraction of sp³-hybridized carbons (Fsp3) is 0.263. The van der Waals surface area contributed by atoms with E-state index in [-0.39, 0.29) is 11.8 Å². The van der Waals surface area contributed by atoms with E-state index in [4.69, 9.17) is 11.6 Å². The summed E-state index contributed by atoms with van der Waals surface area (Å²) >= 11 is 6.07. The first-order valence-corrected chi connectivity index (χ1v) is 8.29. The molecule has 2 amide bonds. The third-order valence-electron chi connectivity index (χ3n) is 3.65. The lowest BCUT2D eigenvalue weighted by Gasteiger charge is -2.08. The zero-order chi connectivity index (χ0) is 17.4. The summed E-state index contributed by atoms with van der Waals surface area (Å²) in [5.74, 6) is -0.181. The third-order valence-corrected chi connectivity index (χ3v) is 4.05. The molecule has 0 aromatic heterocycles. The molecule has 0 heterocycles. The van der Waals surface area contributed by atoms with E-state index in [1.165, 1.54) is 0 Å². The average molecular weight is 345 g/mol. The summed E-state index contributed by atoms with van der Waals surface area (Å²) in [5, 5.41) is 6.29. The van der Waals surface area contributed by atoms with E-state index < -0.39 is 0 Å². The number of carbonyl (C=O) groups is 2. The van der Waals surface area contributed by atoms with Gasteiger partial charge in [0.25, 0.3) is 5.91 Å². The van der Waals surface area contributed by atoms with Crippen molar-refractivity contribution in [3.05, 3.63) is 70.2 Å². The van der Waals surface area contributed by atoms with Crippen LogP contribution in [-0.4, -0.2) is 24.9 Å². The number of carbonyl (C=O) groups excluding carboxylic acids is 2.